The first-order valence-electron chi connectivity index (χ1n) is 8.83. The lowest BCUT2D eigenvalue weighted by Crippen LogP contribution is -2.45. The molecule has 4 rings (SSSR count). The molecule has 0 bridgehead atoms. The maximum Gasteiger partial charge on any atom is 0.0745 e. The van der Waals surface area contributed by atoms with E-state index in [9.17, 15) is 0 Å². The van der Waals surface area contributed by atoms with Gasteiger partial charge in [0, 0.05) is 55.1 Å². The van der Waals surface area contributed by atoms with Gasteiger partial charge in [0.25, 0.3) is 0 Å². The van der Waals surface area contributed by atoms with Gasteiger partial charge in [0.2, 0.25) is 0 Å². The van der Waals surface area contributed by atoms with Gasteiger partial charge in [-0.2, -0.15) is 0 Å². The number of rotatable bonds is 4. The van der Waals surface area contributed by atoms with Crippen LogP contribution in [0.4, 0.5) is 5.69 Å². The lowest BCUT2D eigenvalue weighted by atomic mass is 10.1. The minimum atomic E-state index is 0.721. The number of halogens is 1. The Balaban J connectivity index is 1.60. The molecule has 1 aromatic heterocycles. The molecule has 1 N–H and O–H groups in total. The van der Waals surface area contributed by atoms with Crippen molar-refractivity contribution >= 4 is 39.1 Å². The zero-order valence-electron chi connectivity index (χ0n) is 14.5. The number of aromatic nitrogens is 1. The fourth-order valence-electron chi connectivity index (χ4n) is 3.47. The van der Waals surface area contributed by atoms with E-state index in [2.05, 4.69) is 46.4 Å². The molecule has 1 aliphatic rings. The lowest BCUT2D eigenvalue weighted by molar-refractivity contribution is 0.158. The number of anilines is 1. The summed E-state index contributed by atoms with van der Waals surface area (Å²) < 4.78 is 0. The zero-order valence-corrected chi connectivity index (χ0v) is 15.3. The van der Waals surface area contributed by atoms with Crippen molar-refractivity contribution in [3.63, 3.8) is 0 Å². The Morgan fingerprint density at radius 1 is 1.00 bits per heavy atom. The van der Waals surface area contributed by atoms with Gasteiger partial charge in [-0.05, 0) is 31.3 Å². The number of benzene rings is 2. The van der Waals surface area contributed by atoms with E-state index >= 15 is 0 Å². The van der Waals surface area contributed by atoms with E-state index in [1.165, 1.54) is 0 Å². The molecule has 4 nitrogen and oxygen atoms in total. The summed E-state index contributed by atoms with van der Waals surface area (Å²) in [5, 5.41) is 6.68. The van der Waals surface area contributed by atoms with E-state index in [-0.39, 0.29) is 0 Å². The molecule has 1 fully saturated rings. The van der Waals surface area contributed by atoms with Crippen LogP contribution in [-0.4, -0.2) is 61.1 Å². The summed E-state index contributed by atoms with van der Waals surface area (Å²) in [5.41, 5.74) is 3.10. The number of piperazine rings is 1. The monoisotopic (exact) mass is 354 g/mol. The van der Waals surface area contributed by atoms with Crippen LogP contribution in [0.25, 0.3) is 21.8 Å². The Kier molecular flexibility index (Phi) is 4.75. The Morgan fingerprint density at radius 2 is 1.76 bits per heavy atom. The molecule has 0 atom stereocenters. The molecule has 0 radical (unpaired) electrons. The molecule has 0 saturated carbocycles. The second-order valence-electron chi connectivity index (χ2n) is 6.74. The zero-order chi connectivity index (χ0) is 17.2. The summed E-state index contributed by atoms with van der Waals surface area (Å²) in [6, 6.07) is 14.2. The van der Waals surface area contributed by atoms with Crippen LogP contribution in [-0.2, 0) is 0 Å². The standard InChI is InChI=1S/C20H23ClN4/c1-24-10-12-25(13-11-24)9-8-22-20-16-4-2-3-5-18(16)23-19-14-15(21)6-7-17(19)20/h2-7,14H,8-13H2,1H3,(H,22,23). The minimum Gasteiger partial charge on any atom is -0.383 e. The maximum absolute atomic E-state index is 6.17. The van der Waals surface area contributed by atoms with Crippen LogP contribution in [0.15, 0.2) is 42.5 Å². The van der Waals surface area contributed by atoms with Gasteiger partial charge in [-0.1, -0.05) is 29.8 Å². The largest absolute Gasteiger partial charge is 0.383 e. The molecule has 25 heavy (non-hydrogen) atoms. The van der Waals surface area contributed by atoms with Gasteiger partial charge in [0.1, 0.15) is 0 Å². The van der Waals surface area contributed by atoms with E-state index < -0.39 is 0 Å². The smallest absolute Gasteiger partial charge is 0.0745 e. The summed E-state index contributed by atoms with van der Waals surface area (Å²) in [4.78, 5) is 9.67. The number of fused-ring (bicyclic) bond motifs is 2. The topological polar surface area (TPSA) is 31.4 Å². The number of nitrogens with one attached hydrogen (secondary N) is 1. The molecule has 3 aromatic rings. The first kappa shape index (κ1) is 16.6. The van der Waals surface area contributed by atoms with Gasteiger partial charge in [-0.25, -0.2) is 4.98 Å². The molecule has 0 unspecified atom stereocenters. The summed E-state index contributed by atoms with van der Waals surface area (Å²) in [6.07, 6.45) is 0. The van der Waals surface area contributed by atoms with E-state index in [0.717, 1.165) is 71.8 Å². The third-order valence-electron chi connectivity index (χ3n) is 4.97. The average Bonchev–Trinajstić information content (AvgIpc) is 2.62. The number of hydrogen-bond acceptors (Lipinski definition) is 4. The van der Waals surface area contributed by atoms with Crippen LogP contribution in [0, 0.1) is 0 Å². The van der Waals surface area contributed by atoms with E-state index in [4.69, 9.17) is 16.6 Å². The predicted octanol–water partition coefficient (Wildman–Crippen LogP) is 3.70. The maximum atomic E-state index is 6.17. The highest BCUT2D eigenvalue weighted by Crippen LogP contribution is 2.31. The highest BCUT2D eigenvalue weighted by Gasteiger charge is 2.14. The summed E-state index contributed by atoms with van der Waals surface area (Å²) >= 11 is 6.17. The van der Waals surface area contributed by atoms with Gasteiger partial charge in [0.05, 0.1) is 16.7 Å². The summed E-state index contributed by atoms with van der Waals surface area (Å²) in [7, 11) is 2.19. The van der Waals surface area contributed by atoms with E-state index in [1.54, 1.807) is 0 Å². The minimum absolute atomic E-state index is 0.721. The van der Waals surface area contributed by atoms with Crippen molar-refractivity contribution in [1.29, 1.82) is 0 Å². The van der Waals surface area contributed by atoms with E-state index in [1.807, 2.05) is 18.2 Å². The Hall–Kier alpha value is -1.88. The molecule has 2 heterocycles. The molecule has 2 aromatic carbocycles. The normalized spacial score (nSPS) is 16.6. The predicted molar refractivity (Wildman–Crippen MR) is 107 cm³/mol. The highest BCUT2D eigenvalue weighted by atomic mass is 35.5. The molecule has 0 spiro atoms. The SMILES string of the molecule is CN1CCN(CCNc2c3ccccc3nc3cc(Cl)ccc23)CC1. The molecule has 0 aliphatic carbocycles. The number of para-hydroxylation sites is 1. The first-order valence-corrected chi connectivity index (χ1v) is 9.21. The first-order chi connectivity index (χ1) is 12.2. The third kappa shape index (κ3) is 3.56. The van der Waals surface area contributed by atoms with Gasteiger partial charge in [-0.15, -0.1) is 0 Å². The van der Waals surface area contributed by atoms with Crippen molar-refractivity contribution in [2.75, 3.05) is 51.6 Å². The summed E-state index contributed by atoms with van der Waals surface area (Å²) in [5.74, 6) is 0. The Labute approximate surface area is 153 Å². The quantitative estimate of drug-likeness (QED) is 0.724. The number of likely N-dealkylation sites (N-methyl/N-ethyl adjacent to an activating group) is 1. The van der Waals surface area contributed by atoms with Crippen LogP contribution < -0.4 is 5.32 Å². The fourth-order valence-corrected chi connectivity index (χ4v) is 3.63. The third-order valence-corrected chi connectivity index (χ3v) is 5.20. The van der Waals surface area contributed by atoms with Crippen LogP contribution in [0.3, 0.4) is 0 Å². The lowest BCUT2D eigenvalue weighted by Gasteiger charge is -2.32. The number of hydrogen-bond donors (Lipinski definition) is 1. The Bertz CT molecular complexity index is 887. The molecule has 1 saturated heterocycles. The van der Waals surface area contributed by atoms with Crippen LogP contribution in [0.2, 0.25) is 5.02 Å². The Morgan fingerprint density at radius 3 is 2.60 bits per heavy atom. The van der Waals surface area contributed by atoms with Crippen molar-refractivity contribution in [3.8, 4) is 0 Å². The summed E-state index contributed by atoms with van der Waals surface area (Å²) in [6.45, 7) is 6.57. The fraction of sp³-hybridized carbons (Fsp3) is 0.350. The number of pyridine rings is 1. The van der Waals surface area contributed by atoms with Crippen molar-refractivity contribution in [2.24, 2.45) is 0 Å². The second kappa shape index (κ2) is 7.16. The second-order valence-corrected chi connectivity index (χ2v) is 7.17. The van der Waals surface area contributed by atoms with Crippen LogP contribution in [0.1, 0.15) is 0 Å². The molecular weight excluding hydrogens is 332 g/mol. The van der Waals surface area contributed by atoms with Gasteiger partial charge in [-0.3, -0.25) is 4.90 Å². The van der Waals surface area contributed by atoms with Crippen molar-refractivity contribution in [2.45, 2.75) is 0 Å². The molecule has 5 heteroatoms. The molecule has 0 amide bonds. The van der Waals surface area contributed by atoms with Crippen molar-refractivity contribution in [1.82, 2.24) is 14.8 Å². The van der Waals surface area contributed by atoms with E-state index in [0.29, 0.717) is 0 Å². The number of nitrogens with zero attached hydrogens (tertiary/aromatic N) is 3. The van der Waals surface area contributed by atoms with Crippen LogP contribution >= 0.6 is 11.6 Å². The average molecular weight is 355 g/mol. The van der Waals surface area contributed by atoms with Crippen molar-refractivity contribution in [3.05, 3.63) is 47.5 Å². The molecular formula is C20H23ClN4. The van der Waals surface area contributed by atoms with Crippen LogP contribution in [0.5, 0.6) is 0 Å². The molecule has 130 valence electrons. The highest BCUT2D eigenvalue weighted by molar-refractivity contribution is 6.31. The van der Waals surface area contributed by atoms with Gasteiger partial charge >= 0.3 is 0 Å². The van der Waals surface area contributed by atoms with Crippen molar-refractivity contribution < 1.29 is 0 Å². The van der Waals surface area contributed by atoms with Gasteiger partial charge in [0.15, 0.2) is 0 Å². The molecule has 1 aliphatic heterocycles. The van der Waals surface area contributed by atoms with Gasteiger partial charge < -0.3 is 10.2 Å².